The summed E-state index contributed by atoms with van der Waals surface area (Å²) in [6.07, 6.45) is 2.68. The molecule has 1 aliphatic heterocycles. The fourth-order valence-corrected chi connectivity index (χ4v) is 3.41. The Bertz CT molecular complexity index is 766. The van der Waals surface area contributed by atoms with E-state index in [4.69, 9.17) is 5.73 Å². The van der Waals surface area contributed by atoms with Crippen LogP contribution in [0.1, 0.15) is 45.2 Å². The number of aromatic nitrogens is 2. The lowest BCUT2D eigenvalue weighted by Crippen LogP contribution is -2.55. The number of carbonyl (C=O) groups excluding carboxylic acids is 4. The van der Waals surface area contributed by atoms with Crippen molar-refractivity contribution in [1.82, 2.24) is 25.5 Å². The van der Waals surface area contributed by atoms with E-state index in [-0.39, 0.29) is 25.2 Å². The van der Waals surface area contributed by atoms with Crippen molar-refractivity contribution in [3.05, 3.63) is 18.2 Å². The normalized spacial score (nSPS) is 17.9. The zero-order valence-electron chi connectivity index (χ0n) is 18.0. The number of carbonyl (C=O) groups is 4. The summed E-state index contributed by atoms with van der Waals surface area (Å²) in [6.45, 7) is 4.79. The van der Waals surface area contributed by atoms with Crippen molar-refractivity contribution in [2.24, 2.45) is 11.7 Å². The van der Waals surface area contributed by atoms with Crippen LogP contribution >= 0.6 is 0 Å². The fourth-order valence-electron chi connectivity index (χ4n) is 3.41. The van der Waals surface area contributed by atoms with Crippen LogP contribution < -0.4 is 16.4 Å². The van der Waals surface area contributed by atoms with Crippen LogP contribution in [0.3, 0.4) is 0 Å². The molecular weight excluding hydrogens is 404 g/mol. The molecule has 1 fully saturated rings. The van der Waals surface area contributed by atoms with Gasteiger partial charge in [0.25, 0.3) is 0 Å². The van der Waals surface area contributed by atoms with E-state index in [1.807, 2.05) is 13.8 Å². The first-order valence-corrected chi connectivity index (χ1v) is 10.5. The largest absolute Gasteiger partial charge is 0.383 e. The zero-order chi connectivity index (χ0) is 23.0. The molecule has 2 rings (SSSR count). The van der Waals surface area contributed by atoms with Gasteiger partial charge in [-0.1, -0.05) is 13.8 Å². The number of rotatable bonds is 11. The number of likely N-dealkylation sites (tertiary alicyclic amines) is 1. The van der Waals surface area contributed by atoms with E-state index in [0.717, 1.165) is 0 Å². The van der Waals surface area contributed by atoms with Gasteiger partial charge in [-0.05, 0) is 25.2 Å². The van der Waals surface area contributed by atoms with Gasteiger partial charge in [-0.15, -0.1) is 0 Å². The highest BCUT2D eigenvalue weighted by Gasteiger charge is 2.37. The number of nitrogens with zero attached hydrogens (tertiary/aromatic N) is 2. The predicted molar refractivity (Wildman–Crippen MR) is 111 cm³/mol. The minimum absolute atomic E-state index is 0.0187. The molecule has 0 aliphatic carbocycles. The number of nitrogens with two attached hydrogens (primary N) is 1. The standard InChI is InChI=1S/C20H32N6O5/c1-12(2)9-23-17(28)6-5-16(27)19(30)25-14(8-13-10-22-11-24-13)20(31)26-7-3-4-15(26)18(21)29/h10-12,14-16,27H,3-9H2,1-2H3,(H2,21,29)(H,22,24)(H,23,28)(H,25,30)/t14-,15-,16?/m0/s1. The van der Waals surface area contributed by atoms with Gasteiger partial charge < -0.3 is 31.4 Å². The molecule has 4 amide bonds. The minimum atomic E-state index is -1.45. The maximum Gasteiger partial charge on any atom is 0.249 e. The summed E-state index contributed by atoms with van der Waals surface area (Å²) in [5.41, 5.74) is 5.95. The van der Waals surface area contributed by atoms with E-state index in [9.17, 15) is 24.3 Å². The third kappa shape index (κ3) is 7.35. The Balaban J connectivity index is 2.00. The molecule has 11 heteroatoms. The lowest BCUT2D eigenvalue weighted by molar-refractivity contribution is -0.142. The summed E-state index contributed by atoms with van der Waals surface area (Å²) in [4.78, 5) is 57.3. The molecule has 1 unspecified atom stereocenters. The van der Waals surface area contributed by atoms with Crippen LogP contribution in [-0.2, 0) is 25.6 Å². The Morgan fingerprint density at radius 2 is 2.10 bits per heavy atom. The minimum Gasteiger partial charge on any atom is -0.383 e. The molecule has 0 aromatic carbocycles. The van der Waals surface area contributed by atoms with E-state index in [1.165, 1.54) is 11.2 Å². The first-order valence-electron chi connectivity index (χ1n) is 10.5. The molecule has 1 aromatic rings. The molecule has 1 aromatic heterocycles. The number of aliphatic hydroxyl groups excluding tert-OH is 1. The number of nitrogens with one attached hydrogen (secondary N) is 3. The van der Waals surface area contributed by atoms with Gasteiger partial charge in [0, 0.05) is 32.1 Å². The smallest absolute Gasteiger partial charge is 0.249 e. The quantitative estimate of drug-likeness (QED) is 0.292. The van der Waals surface area contributed by atoms with Crippen molar-refractivity contribution in [3.8, 4) is 0 Å². The monoisotopic (exact) mass is 436 g/mol. The van der Waals surface area contributed by atoms with Crippen molar-refractivity contribution in [1.29, 1.82) is 0 Å². The van der Waals surface area contributed by atoms with Crippen molar-refractivity contribution in [2.45, 2.75) is 64.1 Å². The van der Waals surface area contributed by atoms with Gasteiger partial charge in [0.2, 0.25) is 23.6 Å². The number of primary amides is 1. The number of aromatic amines is 1. The Kier molecular flexibility index (Phi) is 8.98. The van der Waals surface area contributed by atoms with Crippen LogP contribution in [0.25, 0.3) is 0 Å². The van der Waals surface area contributed by atoms with Gasteiger partial charge in [0.05, 0.1) is 12.0 Å². The van der Waals surface area contributed by atoms with Gasteiger partial charge in [0.1, 0.15) is 18.2 Å². The van der Waals surface area contributed by atoms with Gasteiger partial charge in [-0.3, -0.25) is 19.2 Å². The lowest BCUT2D eigenvalue weighted by Gasteiger charge is -2.28. The van der Waals surface area contributed by atoms with E-state index >= 15 is 0 Å². The third-order valence-electron chi connectivity index (χ3n) is 5.10. The number of H-pyrrole nitrogens is 1. The lowest BCUT2D eigenvalue weighted by atomic mass is 10.1. The first kappa shape index (κ1) is 24.3. The Morgan fingerprint density at radius 1 is 1.35 bits per heavy atom. The summed E-state index contributed by atoms with van der Waals surface area (Å²) < 4.78 is 0. The molecule has 0 spiro atoms. The van der Waals surface area contributed by atoms with Crippen molar-refractivity contribution in [2.75, 3.05) is 13.1 Å². The second-order valence-electron chi connectivity index (χ2n) is 8.17. The second-order valence-corrected chi connectivity index (χ2v) is 8.17. The molecule has 172 valence electrons. The summed E-state index contributed by atoms with van der Waals surface area (Å²) in [6, 6.07) is -1.75. The van der Waals surface area contributed by atoms with Gasteiger partial charge in [-0.25, -0.2) is 4.98 Å². The summed E-state index contributed by atoms with van der Waals surface area (Å²) in [5, 5.41) is 15.5. The van der Waals surface area contributed by atoms with Crippen molar-refractivity contribution < 1.29 is 24.3 Å². The average molecular weight is 437 g/mol. The van der Waals surface area contributed by atoms with Gasteiger partial charge in [-0.2, -0.15) is 0 Å². The molecular formula is C20H32N6O5. The molecule has 0 bridgehead atoms. The SMILES string of the molecule is CC(C)CNC(=O)CCC(O)C(=O)N[C@@H](Cc1c[nH]cn1)C(=O)N1CCC[C@H]1C(N)=O. The molecule has 6 N–H and O–H groups in total. The predicted octanol–water partition coefficient (Wildman–Crippen LogP) is -1.17. The number of imidazole rings is 1. The van der Waals surface area contributed by atoms with Crippen molar-refractivity contribution >= 4 is 23.6 Å². The fraction of sp³-hybridized carbons (Fsp3) is 0.650. The van der Waals surface area contributed by atoms with Gasteiger partial charge >= 0.3 is 0 Å². The first-order chi connectivity index (χ1) is 14.7. The van der Waals surface area contributed by atoms with Crippen LogP contribution in [0.5, 0.6) is 0 Å². The van der Waals surface area contributed by atoms with E-state index < -0.39 is 35.9 Å². The van der Waals surface area contributed by atoms with E-state index in [1.54, 1.807) is 6.20 Å². The molecule has 0 saturated carbocycles. The number of hydrogen-bond acceptors (Lipinski definition) is 6. The highest BCUT2D eigenvalue weighted by atomic mass is 16.3. The molecule has 2 heterocycles. The van der Waals surface area contributed by atoms with Crippen LogP contribution in [0.2, 0.25) is 0 Å². The Labute approximate surface area is 181 Å². The maximum absolute atomic E-state index is 13.1. The summed E-state index contributed by atoms with van der Waals surface area (Å²) in [5.74, 6) is -1.78. The maximum atomic E-state index is 13.1. The number of aliphatic hydroxyl groups is 1. The zero-order valence-corrected chi connectivity index (χ0v) is 18.0. The topological polar surface area (TPSA) is 171 Å². The highest BCUT2D eigenvalue weighted by Crippen LogP contribution is 2.19. The van der Waals surface area contributed by atoms with E-state index in [2.05, 4.69) is 20.6 Å². The Morgan fingerprint density at radius 3 is 2.71 bits per heavy atom. The molecule has 3 atom stereocenters. The number of hydrogen-bond donors (Lipinski definition) is 5. The summed E-state index contributed by atoms with van der Waals surface area (Å²) in [7, 11) is 0. The highest BCUT2D eigenvalue weighted by molar-refractivity contribution is 5.93. The van der Waals surface area contributed by atoms with E-state index in [0.29, 0.717) is 37.5 Å². The van der Waals surface area contributed by atoms with Crippen LogP contribution in [-0.4, -0.2) is 74.9 Å². The molecule has 31 heavy (non-hydrogen) atoms. The van der Waals surface area contributed by atoms with Crippen molar-refractivity contribution in [3.63, 3.8) is 0 Å². The molecule has 0 radical (unpaired) electrons. The number of amides is 4. The second kappa shape index (κ2) is 11.4. The molecule has 1 aliphatic rings. The Hall–Kier alpha value is -2.95. The summed E-state index contributed by atoms with van der Waals surface area (Å²) >= 11 is 0. The van der Waals surface area contributed by atoms with Crippen LogP contribution in [0, 0.1) is 5.92 Å². The van der Waals surface area contributed by atoms with Gasteiger partial charge in [0.15, 0.2) is 0 Å². The van der Waals surface area contributed by atoms with Crippen LogP contribution in [0.15, 0.2) is 12.5 Å². The third-order valence-corrected chi connectivity index (χ3v) is 5.10. The molecule has 11 nitrogen and oxygen atoms in total. The average Bonchev–Trinajstić information content (AvgIpc) is 3.41. The molecule has 1 saturated heterocycles. The van der Waals surface area contributed by atoms with Crippen LogP contribution in [0.4, 0.5) is 0 Å².